The Balaban J connectivity index is 1.19. The van der Waals surface area contributed by atoms with Crippen LogP contribution in [0.3, 0.4) is 0 Å². The largest absolute Gasteiger partial charge is 0.309 e. The Hall–Kier alpha value is -8.41. The molecule has 0 N–H and O–H groups in total. The van der Waals surface area contributed by atoms with Gasteiger partial charge in [-0.25, -0.2) is 15.0 Å². The normalized spacial score (nSPS) is 11.5. The summed E-state index contributed by atoms with van der Waals surface area (Å²) in [4.78, 5) is 15.4. The van der Waals surface area contributed by atoms with Gasteiger partial charge in [-0.3, -0.25) is 0 Å². The Bertz CT molecular complexity index is 3500. The van der Waals surface area contributed by atoms with E-state index in [-0.39, 0.29) is 0 Å². The van der Waals surface area contributed by atoms with Gasteiger partial charge in [-0.05, 0) is 41.5 Å². The molecule has 0 bridgehead atoms. The predicted molar refractivity (Wildman–Crippen MR) is 256 cm³/mol. The first-order valence-electron chi connectivity index (χ1n) is 21.0. The second kappa shape index (κ2) is 14.7. The molecule has 0 saturated carbocycles. The summed E-state index contributed by atoms with van der Waals surface area (Å²) in [5.74, 6) is 1.86. The van der Waals surface area contributed by atoms with Gasteiger partial charge in [-0.2, -0.15) is 0 Å². The molecule has 62 heavy (non-hydrogen) atoms. The van der Waals surface area contributed by atoms with E-state index in [2.05, 4.69) is 197 Å². The molecule has 0 fully saturated rings. The molecule has 3 aromatic heterocycles. The molecule has 0 unspecified atom stereocenters. The van der Waals surface area contributed by atoms with Crippen LogP contribution in [0.2, 0.25) is 0 Å². The van der Waals surface area contributed by atoms with Gasteiger partial charge in [-0.1, -0.05) is 194 Å². The summed E-state index contributed by atoms with van der Waals surface area (Å²) in [5.41, 5.74) is 14.0. The van der Waals surface area contributed by atoms with Crippen molar-refractivity contribution in [2.24, 2.45) is 0 Å². The van der Waals surface area contributed by atoms with Crippen LogP contribution in [0.5, 0.6) is 0 Å². The summed E-state index contributed by atoms with van der Waals surface area (Å²) in [6, 6.07) is 79.4. The van der Waals surface area contributed by atoms with Crippen molar-refractivity contribution in [2.75, 3.05) is 0 Å². The third-order valence-corrected chi connectivity index (χ3v) is 12.0. The van der Waals surface area contributed by atoms with E-state index in [1.54, 1.807) is 0 Å². The highest BCUT2D eigenvalue weighted by Crippen LogP contribution is 2.43. The molecule has 0 aliphatic rings. The Morgan fingerprint density at radius 2 is 0.742 bits per heavy atom. The van der Waals surface area contributed by atoms with Crippen LogP contribution in [0.1, 0.15) is 0 Å². The third-order valence-electron chi connectivity index (χ3n) is 12.0. The van der Waals surface area contributed by atoms with Crippen molar-refractivity contribution in [3.8, 4) is 67.8 Å². The fourth-order valence-corrected chi connectivity index (χ4v) is 9.15. The summed E-state index contributed by atoms with van der Waals surface area (Å²) in [6.45, 7) is 0. The molecule has 12 rings (SSSR count). The number of para-hydroxylation sites is 3. The number of fused-ring (bicyclic) bond motifs is 6. The molecule has 5 heteroatoms. The van der Waals surface area contributed by atoms with Crippen molar-refractivity contribution in [2.45, 2.75) is 0 Å². The SMILES string of the molecule is c1ccc(-c2nc(-c3ccccc3)nc(-c3ccc(-c4ccccc4)c(-n4c5cc(-n6c7ccccc7c7ccccc76)ccc5c5cccc(-c6ccccc6)c54)c3)n2)cc1. The van der Waals surface area contributed by atoms with Crippen LogP contribution in [0.25, 0.3) is 111 Å². The topological polar surface area (TPSA) is 48.5 Å². The number of rotatable bonds is 7. The van der Waals surface area contributed by atoms with Crippen LogP contribution >= 0.6 is 0 Å². The zero-order valence-electron chi connectivity index (χ0n) is 33.6. The average Bonchev–Trinajstić information content (AvgIpc) is 3.87. The van der Waals surface area contributed by atoms with Crippen molar-refractivity contribution < 1.29 is 0 Å². The maximum absolute atomic E-state index is 5.19. The zero-order chi connectivity index (χ0) is 41.0. The second-order valence-electron chi connectivity index (χ2n) is 15.6. The summed E-state index contributed by atoms with van der Waals surface area (Å²) < 4.78 is 4.88. The second-order valence-corrected chi connectivity index (χ2v) is 15.6. The highest BCUT2D eigenvalue weighted by Gasteiger charge is 2.22. The molecule has 0 spiro atoms. The Kier molecular flexibility index (Phi) is 8.42. The maximum atomic E-state index is 5.19. The smallest absolute Gasteiger partial charge is 0.164 e. The first-order valence-corrected chi connectivity index (χ1v) is 21.0. The third kappa shape index (κ3) is 5.90. The van der Waals surface area contributed by atoms with Crippen molar-refractivity contribution in [3.63, 3.8) is 0 Å². The van der Waals surface area contributed by atoms with E-state index in [1.165, 1.54) is 32.6 Å². The van der Waals surface area contributed by atoms with Gasteiger partial charge in [-0.15, -0.1) is 0 Å². The molecule has 3 heterocycles. The lowest BCUT2D eigenvalue weighted by atomic mass is 9.99. The van der Waals surface area contributed by atoms with Gasteiger partial charge in [0.2, 0.25) is 0 Å². The van der Waals surface area contributed by atoms with E-state index in [0.29, 0.717) is 17.5 Å². The summed E-state index contributed by atoms with van der Waals surface area (Å²) >= 11 is 0. The fourth-order valence-electron chi connectivity index (χ4n) is 9.15. The van der Waals surface area contributed by atoms with Crippen molar-refractivity contribution >= 4 is 43.6 Å². The van der Waals surface area contributed by atoms with Crippen LogP contribution in [0.4, 0.5) is 0 Å². The lowest BCUT2D eigenvalue weighted by Crippen LogP contribution is -2.03. The molecule has 0 atom stereocenters. The molecule has 9 aromatic carbocycles. The minimum absolute atomic E-state index is 0.605. The van der Waals surface area contributed by atoms with E-state index in [0.717, 1.165) is 61.4 Å². The first-order chi connectivity index (χ1) is 30.8. The van der Waals surface area contributed by atoms with E-state index in [4.69, 9.17) is 15.0 Å². The van der Waals surface area contributed by atoms with Crippen molar-refractivity contribution in [3.05, 3.63) is 224 Å². The van der Waals surface area contributed by atoms with Gasteiger partial charge in [0.25, 0.3) is 0 Å². The number of nitrogens with zero attached hydrogens (tertiary/aromatic N) is 5. The standard InChI is InChI=1S/C57H37N5/c1-5-18-38(19-6-1)44-34-32-42(57-59-55(40-22-9-3-10-23-40)58-56(60-57)41-24-11-4-12-25-41)36-52(44)62-53-37-43(61-50-30-15-13-26-46(50)47-27-14-16-31-51(47)61)33-35-48(53)49-29-17-28-45(54(49)62)39-20-7-2-8-21-39/h1-37H. The van der Waals surface area contributed by atoms with Crippen LogP contribution in [-0.2, 0) is 0 Å². The van der Waals surface area contributed by atoms with Gasteiger partial charge in [0.1, 0.15) is 0 Å². The Morgan fingerprint density at radius 3 is 1.32 bits per heavy atom. The number of hydrogen-bond acceptors (Lipinski definition) is 3. The molecule has 0 aliphatic heterocycles. The van der Waals surface area contributed by atoms with Gasteiger partial charge < -0.3 is 9.13 Å². The van der Waals surface area contributed by atoms with E-state index in [9.17, 15) is 0 Å². The highest BCUT2D eigenvalue weighted by atomic mass is 15.0. The molecule has 12 aromatic rings. The summed E-state index contributed by atoms with van der Waals surface area (Å²) in [7, 11) is 0. The highest BCUT2D eigenvalue weighted by molar-refractivity contribution is 6.15. The fraction of sp³-hybridized carbons (Fsp3) is 0. The lowest BCUT2D eigenvalue weighted by molar-refractivity contribution is 1.07. The minimum atomic E-state index is 0.605. The average molecular weight is 792 g/mol. The van der Waals surface area contributed by atoms with Gasteiger partial charge in [0, 0.05) is 55.0 Å². The first kappa shape index (κ1) is 35.5. The van der Waals surface area contributed by atoms with Crippen LogP contribution in [0.15, 0.2) is 224 Å². The van der Waals surface area contributed by atoms with Crippen LogP contribution in [0, 0.1) is 0 Å². The van der Waals surface area contributed by atoms with Crippen molar-refractivity contribution in [1.29, 1.82) is 0 Å². The Labute approximate surface area is 358 Å². The van der Waals surface area contributed by atoms with Gasteiger partial charge in [0.05, 0.1) is 27.8 Å². The summed E-state index contributed by atoms with van der Waals surface area (Å²) in [6.07, 6.45) is 0. The van der Waals surface area contributed by atoms with Gasteiger partial charge >= 0.3 is 0 Å². The molecule has 0 aliphatic carbocycles. The molecule has 290 valence electrons. The Morgan fingerprint density at radius 1 is 0.274 bits per heavy atom. The predicted octanol–water partition coefficient (Wildman–Crippen LogP) is 14.4. The van der Waals surface area contributed by atoms with E-state index >= 15 is 0 Å². The number of benzene rings is 9. The van der Waals surface area contributed by atoms with Crippen LogP contribution < -0.4 is 0 Å². The maximum Gasteiger partial charge on any atom is 0.164 e. The zero-order valence-corrected chi connectivity index (χ0v) is 33.6. The van der Waals surface area contributed by atoms with Crippen LogP contribution in [-0.4, -0.2) is 24.1 Å². The quantitative estimate of drug-likeness (QED) is 0.162. The van der Waals surface area contributed by atoms with Gasteiger partial charge in [0.15, 0.2) is 17.5 Å². The number of hydrogen-bond donors (Lipinski definition) is 0. The summed E-state index contributed by atoms with van der Waals surface area (Å²) in [5, 5.41) is 4.81. The molecule has 0 radical (unpaired) electrons. The van der Waals surface area contributed by atoms with E-state index in [1.807, 2.05) is 36.4 Å². The minimum Gasteiger partial charge on any atom is -0.309 e. The molecule has 0 saturated heterocycles. The molecular weight excluding hydrogens is 755 g/mol. The van der Waals surface area contributed by atoms with E-state index < -0.39 is 0 Å². The molecule has 0 amide bonds. The molecular formula is C57H37N5. The number of aromatic nitrogens is 5. The lowest BCUT2D eigenvalue weighted by Gasteiger charge is -2.18. The monoisotopic (exact) mass is 791 g/mol. The molecule has 5 nitrogen and oxygen atoms in total. The van der Waals surface area contributed by atoms with Crippen molar-refractivity contribution in [1.82, 2.24) is 24.1 Å².